The first-order valence-electron chi connectivity index (χ1n) is 13.5. The summed E-state index contributed by atoms with van der Waals surface area (Å²) in [6, 6.07) is 25.3. The van der Waals surface area contributed by atoms with Crippen molar-refractivity contribution in [3.63, 3.8) is 0 Å². The molecule has 0 saturated heterocycles. The van der Waals surface area contributed by atoms with Gasteiger partial charge in [-0.25, -0.2) is 8.42 Å². The number of sulfonamides is 1. The molecule has 0 heterocycles. The van der Waals surface area contributed by atoms with E-state index in [1.165, 1.54) is 4.90 Å². The van der Waals surface area contributed by atoms with Crippen LogP contribution in [-0.2, 0) is 32.6 Å². The Morgan fingerprint density at radius 3 is 1.88 bits per heavy atom. The second-order valence-electron chi connectivity index (χ2n) is 11.4. The lowest BCUT2D eigenvalue weighted by molar-refractivity contribution is -0.140. The zero-order valence-electron chi connectivity index (χ0n) is 24.3. The van der Waals surface area contributed by atoms with E-state index in [9.17, 15) is 18.0 Å². The number of hydrogen-bond acceptors (Lipinski definition) is 4. The summed E-state index contributed by atoms with van der Waals surface area (Å²) >= 11 is 0. The second-order valence-corrected chi connectivity index (χ2v) is 13.3. The SMILES string of the molecule is CC(C)c1ccccc1N(CC(=O)N(Cc1ccccc1)[C@H](Cc1ccccc1)C(=O)NC(C)(C)C)S(C)(=O)=O. The summed E-state index contributed by atoms with van der Waals surface area (Å²) in [6.07, 6.45) is 1.38. The van der Waals surface area contributed by atoms with E-state index in [4.69, 9.17) is 0 Å². The van der Waals surface area contributed by atoms with E-state index in [2.05, 4.69) is 5.32 Å². The summed E-state index contributed by atoms with van der Waals surface area (Å²) < 4.78 is 27.3. The third kappa shape index (κ3) is 8.68. The van der Waals surface area contributed by atoms with Crippen molar-refractivity contribution >= 4 is 27.5 Å². The van der Waals surface area contributed by atoms with Crippen LogP contribution in [0.2, 0.25) is 0 Å². The lowest BCUT2D eigenvalue weighted by Gasteiger charge is -2.35. The molecule has 0 saturated carbocycles. The lowest BCUT2D eigenvalue weighted by atomic mass is 10.00. The van der Waals surface area contributed by atoms with Crippen molar-refractivity contribution in [3.8, 4) is 0 Å². The minimum Gasteiger partial charge on any atom is -0.350 e. The fourth-order valence-corrected chi connectivity index (χ4v) is 5.45. The highest BCUT2D eigenvalue weighted by atomic mass is 32.2. The molecule has 214 valence electrons. The van der Waals surface area contributed by atoms with Crippen LogP contribution in [0.3, 0.4) is 0 Å². The van der Waals surface area contributed by atoms with Gasteiger partial charge in [0, 0.05) is 18.5 Å². The molecule has 0 unspecified atom stereocenters. The average Bonchev–Trinajstić information content (AvgIpc) is 2.88. The van der Waals surface area contributed by atoms with Crippen molar-refractivity contribution in [2.75, 3.05) is 17.1 Å². The molecule has 3 aromatic rings. The van der Waals surface area contributed by atoms with Crippen LogP contribution in [0.4, 0.5) is 5.69 Å². The number of rotatable bonds is 11. The lowest BCUT2D eigenvalue weighted by Crippen LogP contribution is -2.56. The first-order valence-corrected chi connectivity index (χ1v) is 15.4. The maximum Gasteiger partial charge on any atom is 0.244 e. The van der Waals surface area contributed by atoms with Crippen LogP contribution >= 0.6 is 0 Å². The molecule has 3 aromatic carbocycles. The molecule has 1 N–H and O–H groups in total. The average molecular weight is 564 g/mol. The van der Waals surface area contributed by atoms with E-state index in [0.29, 0.717) is 5.69 Å². The largest absolute Gasteiger partial charge is 0.350 e. The molecule has 0 spiro atoms. The third-order valence-electron chi connectivity index (χ3n) is 6.47. The quantitative estimate of drug-likeness (QED) is 0.350. The predicted molar refractivity (Wildman–Crippen MR) is 162 cm³/mol. The minimum atomic E-state index is -3.82. The molecule has 0 aromatic heterocycles. The van der Waals surface area contributed by atoms with Gasteiger partial charge in [0.15, 0.2) is 0 Å². The fourth-order valence-electron chi connectivity index (χ4n) is 4.58. The Bertz CT molecular complexity index is 1380. The van der Waals surface area contributed by atoms with Gasteiger partial charge in [-0.2, -0.15) is 0 Å². The summed E-state index contributed by atoms with van der Waals surface area (Å²) in [6.45, 7) is 9.36. The summed E-state index contributed by atoms with van der Waals surface area (Å²) in [5.41, 5.74) is 2.49. The van der Waals surface area contributed by atoms with Gasteiger partial charge >= 0.3 is 0 Å². The molecule has 8 heteroatoms. The fraction of sp³-hybridized carbons (Fsp3) is 0.375. The number of nitrogens with one attached hydrogen (secondary N) is 1. The van der Waals surface area contributed by atoms with Crippen molar-refractivity contribution < 1.29 is 18.0 Å². The van der Waals surface area contributed by atoms with Crippen LogP contribution in [0.25, 0.3) is 0 Å². The van der Waals surface area contributed by atoms with Crippen LogP contribution in [0.5, 0.6) is 0 Å². The van der Waals surface area contributed by atoms with Gasteiger partial charge < -0.3 is 10.2 Å². The molecule has 2 amide bonds. The van der Waals surface area contributed by atoms with E-state index < -0.39 is 34.1 Å². The molecule has 0 aliphatic heterocycles. The van der Waals surface area contributed by atoms with E-state index >= 15 is 0 Å². The predicted octanol–water partition coefficient (Wildman–Crippen LogP) is 5.13. The van der Waals surface area contributed by atoms with Crippen molar-refractivity contribution in [1.82, 2.24) is 10.2 Å². The summed E-state index contributed by atoms with van der Waals surface area (Å²) in [7, 11) is -3.82. The Labute approximate surface area is 239 Å². The monoisotopic (exact) mass is 563 g/mol. The zero-order chi connectivity index (χ0) is 29.5. The molecule has 0 radical (unpaired) electrons. The number of carbonyl (C=O) groups excluding carboxylic acids is 2. The number of amides is 2. The molecule has 40 heavy (non-hydrogen) atoms. The van der Waals surface area contributed by atoms with Crippen molar-refractivity contribution in [3.05, 3.63) is 102 Å². The Balaban J connectivity index is 2.09. The topological polar surface area (TPSA) is 86.8 Å². The van der Waals surface area contributed by atoms with Crippen LogP contribution in [0.15, 0.2) is 84.9 Å². The maximum atomic E-state index is 14.2. The number of benzene rings is 3. The summed E-state index contributed by atoms with van der Waals surface area (Å²) in [5, 5.41) is 3.04. The van der Waals surface area contributed by atoms with Crippen LogP contribution < -0.4 is 9.62 Å². The molecular formula is C32H41N3O4S. The maximum absolute atomic E-state index is 14.2. The number of para-hydroxylation sites is 1. The molecule has 0 fully saturated rings. The van der Waals surface area contributed by atoms with Gasteiger partial charge in [-0.15, -0.1) is 0 Å². The van der Waals surface area contributed by atoms with Crippen LogP contribution in [0, 0.1) is 0 Å². The van der Waals surface area contributed by atoms with E-state index in [0.717, 1.165) is 27.3 Å². The number of nitrogens with zero attached hydrogens (tertiary/aromatic N) is 2. The van der Waals surface area contributed by atoms with Gasteiger partial charge in [0.1, 0.15) is 12.6 Å². The van der Waals surface area contributed by atoms with E-state index in [1.807, 2.05) is 107 Å². The Morgan fingerprint density at radius 1 is 0.825 bits per heavy atom. The summed E-state index contributed by atoms with van der Waals surface area (Å²) in [4.78, 5) is 29.5. The first-order chi connectivity index (χ1) is 18.8. The number of hydrogen-bond donors (Lipinski definition) is 1. The number of carbonyl (C=O) groups is 2. The Kier molecular flexibility index (Phi) is 10.1. The highest BCUT2D eigenvalue weighted by Gasteiger charge is 2.34. The standard InChI is InChI=1S/C32H41N3O4S/c1-24(2)27-19-13-14-20-28(27)35(40(6,38)39)23-30(36)34(22-26-17-11-8-12-18-26)29(31(37)33-32(3,4)5)21-25-15-9-7-10-16-25/h7-20,24,29H,21-23H2,1-6H3,(H,33,37)/t29-/m1/s1. The van der Waals surface area contributed by atoms with Crippen LogP contribution in [-0.4, -0.2) is 49.5 Å². The normalized spacial score (nSPS) is 12.6. The van der Waals surface area contributed by atoms with Gasteiger partial charge in [-0.1, -0.05) is 92.7 Å². The molecule has 7 nitrogen and oxygen atoms in total. The highest BCUT2D eigenvalue weighted by Crippen LogP contribution is 2.29. The van der Waals surface area contributed by atoms with E-state index in [1.54, 1.807) is 12.1 Å². The van der Waals surface area contributed by atoms with Crippen molar-refractivity contribution in [2.45, 2.75) is 65.1 Å². The van der Waals surface area contributed by atoms with Gasteiger partial charge in [0.2, 0.25) is 21.8 Å². The van der Waals surface area contributed by atoms with Crippen molar-refractivity contribution in [1.29, 1.82) is 0 Å². The van der Waals surface area contributed by atoms with E-state index in [-0.39, 0.29) is 24.8 Å². The first kappa shape index (κ1) is 30.9. The van der Waals surface area contributed by atoms with Gasteiger partial charge in [-0.05, 0) is 49.4 Å². The smallest absolute Gasteiger partial charge is 0.244 e. The molecule has 0 aliphatic rings. The molecule has 0 aliphatic carbocycles. The van der Waals surface area contributed by atoms with Crippen LogP contribution in [0.1, 0.15) is 57.2 Å². The van der Waals surface area contributed by atoms with Crippen molar-refractivity contribution in [2.24, 2.45) is 0 Å². The summed E-state index contributed by atoms with van der Waals surface area (Å²) in [5.74, 6) is -0.716. The Hall–Kier alpha value is -3.65. The molecule has 3 rings (SSSR count). The molecular weight excluding hydrogens is 522 g/mol. The van der Waals surface area contributed by atoms with Gasteiger partial charge in [0.25, 0.3) is 0 Å². The van der Waals surface area contributed by atoms with Gasteiger partial charge in [-0.3, -0.25) is 13.9 Å². The third-order valence-corrected chi connectivity index (χ3v) is 7.60. The van der Waals surface area contributed by atoms with Gasteiger partial charge in [0.05, 0.1) is 11.9 Å². The highest BCUT2D eigenvalue weighted by molar-refractivity contribution is 7.92. The second kappa shape index (κ2) is 13.1. The minimum absolute atomic E-state index is 0.0411. The number of anilines is 1. The zero-order valence-corrected chi connectivity index (χ0v) is 25.1. The molecule has 0 bridgehead atoms. The Morgan fingerprint density at radius 2 is 1.35 bits per heavy atom. The molecule has 1 atom stereocenters.